The zero-order chi connectivity index (χ0) is 14.0. The summed E-state index contributed by atoms with van der Waals surface area (Å²) in [7, 11) is 0. The number of piperazine rings is 1. The van der Waals surface area contributed by atoms with Gasteiger partial charge in [0.2, 0.25) is 0 Å². The lowest BCUT2D eigenvalue weighted by Gasteiger charge is -2.41. The summed E-state index contributed by atoms with van der Waals surface area (Å²) >= 11 is 0. The monoisotopic (exact) mass is 265 g/mol. The summed E-state index contributed by atoms with van der Waals surface area (Å²) in [5.74, 6) is 0.379. The predicted octanol–water partition coefficient (Wildman–Crippen LogP) is 0.0440. The average molecular weight is 265 g/mol. The number of nitrogen functional groups attached to an aromatic ring is 1. The number of anilines is 2. The van der Waals surface area contributed by atoms with E-state index in [-0.39, 0.29) is 0 Å². The van der Waals surface area contributed by atoms with Gasteiger partial charge in [0.25, 0.3) is 0 Å². The van der Waals surface area contributed by atoms with E-state index in [1.54, 1.807) is 19.9 Å². The molecule has 1 saturated heterocycles. The number of carboxylic acids is 1. The van der Waals surface area contributed by atoms with Gasteiger partial charge in [-0.05, 0) is 26.0 Å². The van der Waals surface area contributed by atoms with Gasteiger partial charge in [0.15, 0.2) is 5.82 Å². The molecule has 0 unspecified atom stereocenters. The van der Waals surface area contributed by atoms with Gasteiger partial charge in [-0.1, -0.05) is 0 Å². The van der Waals surface area contributed by atoms with Gasteiger partial charge < -0.3 is 15.7 Å². The molecule has 7 nitrogen and oxygen atoms in total. The Balaban J connectivity index is 1.99. The van der Waals surface area contributed by atoms with E-state index in [2.05, 4.69) is 15.1 Å². The van der Waals surface area contributed by atoms with Gasteiger partial charge in [0.05, 0.1) is 0 Å². The molecule has 0 atom stereocenters. The molecule has 2 rings (SSSR count). The van der Waals surface area contributed by atoms with Crippen LogP contribution in [-0.2, 0) is 4.79 Å². The van der Waals surface area contributed by atoms with E-state index in [1.165, 1.54) is 0 Å². The van der Waals surface area contributed by atoms with Crippen LogP contribution in [-0.4, -0.2) is 57.9 Å². The van der Waals surface area contributed by atoms with Crippen molar-refractivity contribution in [2.24, 2.45) is 0 Å². The van der Waals surface area contributed by atoms with E-state index < -0.39 is 11.5 Å². The van der Waals surface area contributed by atoms with E-state index >= 15 is 0 Å². The van der Waals surface area contributed by atoms with Crippen molar-refractivity contribution in [2.75, 3.05) is 36.8 Å². The Labute approximate surface area is 112 Å². The first kappa shape index (κ1) is 13.5. The van der Waals surface area contributed by atoms with Crippen LogP contribution in [0.25, 0.3) is 0 Å². The van der Waals surface area contributed by atoms with E-state index in [4.69, 9.17) is 5.73 Å². The Morgan fingerprint density at radius 1 is 1.26 bits per heavy atom. The van der Waals surface area contributed by atoms with Crippen molar-refractivity contribution in [2.45, 2.75) is 19.4 Å². The van der Waals surface area contributed by atoms with Crippen molar-refractivity contribution in [3.63, 3.8) is 0 Å². The molecular formula is C12H19N5O2. The standard InChI is InChI=1S/C12H19N5O2/c1-12(2,11(18)19)17-7-5-16(6-8-17)10-4-3-9(13)14-15-10/h3-4H,5-8H2,1-2H3,(H2,13,14)(H,18,19). The lowest BCUT2D eigenvalue weighted by molar-refractivity contribution is -0.149. The third kappa shape index (κ3) is 2.76. The van der Waals surface area contributed by atoms with Gasteiger partial charge in [0.1, 0.15) is 11.4 Å². The number of hydrogen-bond acceptors (Lipinski definition) is 6. The van der Waals surface area contributed by atoms with Crippen LogP contribution in [0.15, 0.2) is 12.1 Å². The third-order valence-corrected chi connectivity index (χ3v) is 3.59. The van der Waals surface area contributed by atoms with Gasteiger partial charge in [-0.3, -0.25) is 9.69 Å². The quantitative estimate of drug-likeness (QED) is 0.796. The highest BCUT2D eigenvalue weighted by atomic mass is 16.4. The number of carboxylic acid groups (broad SMARTS) is 1. The molecule has 19 heavy (non-hydrogen) atoms. The Morgan fingerprint density at radius 3 is 2.37 bits per heavy atom. The zero-order valence-corrected chi connectivity index (χ0v) is 11.2. The Kier molecular flexibility index (Phi) is 3.57. The van der Waals surface area contributed by atoms with Crippen molar-refractivity contribution in [3.05, 3.63) is 12.1 Å². The van der Waals surface area contributed by atoms with Crippen molar-refractivity contribution >= 4 is 17.6 Å². The highest BCUT2D eigenvalue weighted by molar-refractivity contribution is 5.77. The average Bonchev–Trinajstić information content (AvgIpc) is 2.39. The van der Waals surface area contributed by atoms with Crippen molar-refractivity contribution in [1.29, 1.82) is 0 Å². The summed E-state index contributed by atoms with van der Waals surface area (Å²) in [5.41, 5.74) is 4.67. The van der Waals surface area contributed by atoms with Gasteiger partial charge in [-0.15, -0.1) is 10.2 Å². The molecule has 1 aromatic rings. The first-order chi connectivity index (χ1) is 8.91. The molecule has 0 aliphatic carbocycles. The van der Waals surface area contributed by atoms with Crippen LogP contribution in [0.2, 0.25) is 0 Å². The maximum absolute atomic E-state index is 11.2. The van der Waals surface area contributed by atoms with E-state index in [1.807, 2.05) is 11.0 Å². The number of hydrogen-bond donors (Lipinski definition) is 2. The Bertz CT molecular complexity index is 452. The molecule has 1 fully saturated rings. The smallest absolute Gasteiger partial charge is 0.323 e. The van der Waals surface area contributed by atoms with Crippen LogP contribution in [0.3, 0.4) is 0 Å². The summed E-state index contributed by atoms with van der Waals surface area (Å²) in [5, 5.41) is 17.1. The molecule has 3 N–H and O–H groups in total. The summed E-state index contributed by atoms with van der Waals surface area (Å²) in [6.45, 7) is 6.29. The third-order valence-electron chi connectivity index (χ3n) is 3.59. The van der Waals surface area contributed by atoms with Crippen LogP contribution in [0, 0.1) is 0 Å². The maximum atomic E-state index is 11.2. The fourth-order valence-corrected chi connectivity index (χ4v) is 2.13. The number of rotatable bonds is 3. The van der Waals surface area contributed by atoms with Crippen LogP contribution in [0.4, 0.5) is 11.6 Å². The second-order valence-corrected chi connectivity index (χ2v) is 5.15. The van der Waals surface area contributed by atoms with Crippen LogP contribution in [0.1, 0.15) is 13.8 Å². The Morgan fingerprint density at radius 2 is 1.89 bits per heavy atom. The fourth-order valence-electron chi connectivity index (χ4n) is 2.13. The van der Waals surface area contributed by atoms with Gasteiger partial charge in [-0.2, -0.15) is 0 Å². The van der Waals surface area contributed by atoms with E-state index in [0.717, 1.165) is 18.9 Å². The second-order valence-electron chi connectivity index (χ2n) is 5.15. The Hall–Kier alpha value is -1.89. The van der Waals surface area contributed by atoms with Crippen LogP contribution in [0.5, 0.6) is 0 Å². The van der Waals surface area contributed by atoms with Crippen molar-refractivity contribution in [3.8, 4) is 0 Å². The molecule has 104 valence electrons. The van der Waals surface area contributed by atoms with Gasteiger partial charge in [0, 0.05) is 26.2 Å². The second kappa shape index (κ2) is 5.00. The molecule has 1 aliphatic rings. The zero-order valence-electron chi connectivity index (χ0n) is 11.2. The maximum Gasteiger partial charge on any atom is 0.323 e. The summed E-state index contributed by atoms with van der Waals surface area (Å²) < 4.78 is 0. The predicted molar refractivity (Wildman–Crippen MR) is 71.9 cm³/mol. The van der Waals surface area contributed by atoms with E-state index in [9.17, 15) is 9.90 Å². The van der Waals surface area contributed by atoms with E-state index in [0.29, 0.717) is 18.9 Å². The molecule has 0 saturated carbocycles. The summed E-state index contributed by atoms with van der Waals surface area (Å²) in [6.07, 6.45) is 0. The summed E-state index contributed by atoms with van der Waals surface area (Å²) in [4.78, 5) is 15.3. The normalized spacial score (nSPS) is 17.5. The SMILES string of the molecule is CC(C)(C(=O)O)N1CCN(c2ccc(N)nn2)CC1. The molecular weight excluding hydrogens is 246 g/mol. The molecule has 1 aliphatic heterocycles. The summed E-state index contributed by atoms with van der Waals surface area (Å²) in [6, 6.07) is 3.55. The number of nitrogens with zero attached hydrogens (tertiary/aromatic N) is 4. The molecule has 0 aromatic carbocycles. The lowest BCUT2D eigenvalue weighted by atomic mass is 10.0. The molecule has 0 amide bonds. The molecule has 0 spiro atoms. The van der Waals surface area contributed by atoms with Crippen molar-refractivity contribution in [1.82, 2.24) is 15.1 Å². The van der Waals surface area contributed by atoms with Gasteiger partial charge >= 0.3 is 5.97 Å². The van der Waals surface area contributed by atoms with Crippen LogP contribution >= 0.6 is 0 Å². The van der Waals surface area contributed by atoms with Crippen LogP contribution < -0.4 is 10.6 Å². The minimum absolute atomic E-state index is 0.398. The number of aromatic nitrogens is 2. The van der Waals surface area contributed by atoms with Crippen molar-refractivity contribution < 1.29 is 9.90 Å². The number of nitrogens with two attached hydrogens (primary N) is 1. The first-order valence-electron chi connectivity index (χ1n) is 6.24. The molecule has 7 heteroatoms. The first-order valence-corrected chi connectivity index (χ1v) is 6.24. The van der Waals surface area contributed by atoms with Gasteiger partial charge in [-0.25, -0.2) is 0 Å². The minimum atomic E-state index is -0.834. The number of aliphatic carboxylic acids is 1. The topological polar surface area (TPSA) is 95.6 Å². The molecule has 1 aromatic heterocycles. The largest absolute Gasteiger partial charge is 0.480 e. The molecule has 0 bridgehead atoms. The number of carbonyl (C=O) groups is 1. The highest BCUT2D eigenvalue weighted by Crippen LogP contribution is 2.20. The lowest BCUT2D eigenvalue weighted by Crippen LogP contribution is -2.58. The molecule has 0 radical (unpaired) electrons. The minimum Gasteiger partial charge on any atom is -0.480 e. The highest BCUT2D eigenvalue weighted by Gasteiger charge is 2.36. The fraction of sp³-hybridized carbons (Fsp3) is 0.583. The molecule has 2 heterocycles.